The predicted octanol–water partition coefficient (Wildman–Crippen LogP) is 5.33. The highest BCUT2D eigenvalue weighted by Gasteiger charge is 2.19. The second kappa shape index (κ2) is 11.1. The zero-order chi connectivity index (χ0) is 30.9. The fraction of sp³-hybridized carbons (Fsp3) is 0. The van der Waals surface area contributed by atoms with Gasteiger partial charge in [0.1, 0.15) is 28.6 Å². The number of aromatic amines is 4. The van der Waals surface area contributed by atoms with Gasteiger partial charge in [-0.2, -0.15) is 10.2 Å². The number of hydrogen-bond acceptors (Lipinski definition) is 8. The molecule has 0 amide bonds. The van der Waals surface area contributed by atoms with E-state index in [0.29, 0.717) is 45.5 Å². The van der Waals surface area contributed by atoms with Gasteiger partial charge < -0.3 is 25.9 Å². The van der Waals surface area contributed by atoms with Crippen molar-refractivity contribution >= 4 is 27.9 Å². The van der Waals surface area contributed by atoms with E-state index in [-0.39, 0.29) is 17.3 Å². The van der Waals surface area contributed by atoms with Crippen molar-refractivity contribution in [1.29, 1.82) is 5.41 Å². The van der Waals surface area contributed by atoms with Crippen LogP contribution in [0.5, 0.6) is 11.5 Å². The van der Waals surface area contributed by atoms with Crippen LogP contribution in [0.2, 0.25) is 0 Å². The van der Waals surface area contributed by atoms with Crippen molar-refractivity contribution in [2.45, 2.75) is 0 Å². The van der Waals surface area contributed by atoms with Crippen molar-refractivity contribution < 1.29 is 10.2 Å². The van der Waals surface area contributed by atoms with Crippen LogP contribution in [-0.2, 0) is 0 Å². The van der Waals surface area contributed by atoms with Crippen molar-refractivity contribution in [1.82, 2.24) is 45.3 Å². The number of H-pyrrole nitrogens is 4. The average molecular weight is 596 g/mol. The van der Waals surface area contributed by atoms with E-state index in [1.54, 1.807) is 36.7 Å². The average Bonchev–Trinajstić information content (AvgIpc) is 3.86. The van der Waals surface area contributed by atoms with Crippen LogP contribution in [-0.4, -0.2) is 61.4 Å². The van der Waals surface area contributed by atoms with Gasteiger partial charge in [-0.25, -0.2) is 9.97 Å². The van der Waals surface area contributed by atoms with Crippen molar-refractivity contribution in [3.8, 4) is 57.1 Å². The highest BCUT2D eigenvalue weighted by Crippen LogP contribution is 2.36. The number of pyridine rings is 1. The van der Waals surface area contributed by atoms with Crippen molar-refractivity contribution in [2.75, 3.05) is 0 Å². The summed E-state index contributed by atoms with van der Waals surface area (Å²) in [6.07, 6.45) is 3.37. The highest BCUT2D eigenvalue weighted by molar-refractivity contribution is 5.98. The van der Waals surface area contributed by atoms with Gasteiger partial charge in [-0.05, 0) is 24.3 Å². The molecule has 0 atom stereocenters. The summed E-state index contributed by atoms with van der Waals surface area (Å²) in [5.74, 6) is 1.10. The van der Waals surface area contributed by atoms with Crippen LogP contribution in [0.4, 0.5) is 0 Å². The lowest BCUT2D eigenvalue weighted by Gasteiger charge is -1.97. The number of aromatic hydroxyl groups is 2. The van der Waals surface area contributed by atoms with Gasteiger partial charge in [-0.3, -0.25) is 20.6 Å². The molecule has 220 valence electrons. The number of imidazole rings is 2. The summed E-state index contributed by atoms with van der Waals surface area (Å²) in [4.78, 5) is 19.1. The molecule has 0 aliphatic rings. The Bertz CT molecular complexity index is 2250. The molecule has 0 spiro atoms. The van der Waals surface area contributed by atoms with Crippen molar-refractivity contribution in [3.63, 3.8) is 0 Å². The summed E-state index contributed by atoms with van der Waals surface area (Å²) in [5, 5.41) is 42.4. The predicted molar refractivity (Wildman–Crippen MR) is 170 cm³/mol. The first kappa shape index (κ1) is 27.1. The molecule has 13 nitrogen and oxygen atoms in total. The third-order valence-electron chi connectivity index (χ3n) is 7.13. The summed E-state index contributed by atoms with van der Waals surface area (Å²) in [6, 6.07) is 26.0. The normalized spacial score (nSPS) is 11.0. The highest BCUT2D eigenvalue weighted by atomic mass is 16.3. The maximum absolute atomic E-state index is 10.5. The molecule has 45 heavy (non-hydrogen) atoms. The summed E-state index contributed by atoms with van der Waals surface area (Å²) in [7, 11) is 0. The Morgan fingerprint density at radius 1 is 0.667 bits per heavy atom. The van der Waals surface area contributed by atoms with E-state index in [0.717, 1.165) is 27.7 Å². The Hall–Kier alpha value is -6.76. The summed E-state index contributed by atoms with van der Waals surface area (Å²) in [5.41, 5.74) is 12.7. The SMILES string of the molecule is N=C(N)c1ccc2nc(-c3[nH]nc(-c4ccccc4)c3O)[nH]c2c1.Oc1c(-c2ccccc2)n[nH]c1-c1nc2ccncc2[nH]1. The van der Waals surface area contributed by atoms with Crippen LogP contribution < -0.4 is 5.73 Å². The molecule has 5 heterocycles. The summed E-state index contributed by atoms with van der Waals surface area (Å²) in [6.45, 7) is 0. The third-order valence-corrected chi connectivity index (χ3v) is 7.13. The zero-order valence-electron chi connectivity index (χ0n) is 23.4. The molecule has 0 fully saturated rings. The Morgan fingerprint density at radius 2 is 1.20 bits per heavy atom. The van der Waals surface area contributed by atoms with E-state index in [2.05, 4.69) is 45.3 Å². The minimum Gasteiger partial charge on any atom is -0.504 e. The van der Waals surface area contributed by atoms with E-state index < -0.39 is 0 Å². The van der Waals surface area contributed by atoms with Crippen LogP contribution in [0.15, 0.2) is 97.3 Å². The Kier molecular flexibility index (Phi) is 6.71. The van der Waals surface area contributed by atoms with Crippen molar-refractivity contribution in [2.24, 2.45) is 5.73 Å². The lowest BCUT2D eigenvalue weighted by molar-refractivity contribution is 0.478. The molecular weight excluding hydrogens is 570 g/mol. The van der Waals surface area contributed by atoms with E-state index in [1.807, 2.05) is 60.7 Å². The first-order chi connectivity index (χ1) is 22.0. The molecule has 9 N–H and O–H groups in total. The minimum absolute atomic E-state index is 0.0104. The largest absolute Gasteiger partial charge is 0.504 e. The van der Waals surface area contributed by atoms with Gasteiger partial charge in [-0.1, -0.05) is 60.7 Å². The maximum atomic E-state index is 10.5. The standard InChI is InChI=1S/C17H14N6O.C15H11N5O/c18-16(19)10-6-7-11-12(8-10)21-17(20-11)14-15(24)13(22-23-14)9-4-2-1-3-5-9;21-14-12(9-4-2-1-3-5-9)19-20-13(14)15-17-10-6-7-16-8-11(10)18-15/h1-8,24H,(H3,18,19)(H,20,21)(H,22,23);1-8,21H,(H,17,18)(H,19,20). The fourth-order valence-electron chi connectivity index (χ4n) is 4.87. The smallest absolute Gasteiger partial charge is 0.172 e. The van der Waals surface area contributed by atoms with E-state index in [9.17, 15) is 10.2 Å². The van der Waals surface area contributed by atoms with Gasteiger partial charge in [0.05, 0.1) is 28.3 Å². The number of rotatable bonds is 5. The first-order valence-corrected chi connectivity index (χ1v) is 13.8. The Balaban J connectivity index is 0.000000146. The second-order valence-electron chi connectivity index (χ2n) is 10.0. The van der Waals surface area contributed by atoms with Gasteiger partial charge in [0.25, 0.3) is 0 Å². The topological polar surface area (TPSA) is 218 Å². The molecule has 0 saturated heterocycles. The monoisotopic (exact) mass is 595 g/mol. The number of fused-ring (bicyclic) bond motifs is 2. The molecule has 8 rings (SSSR count). The van der Waals surface area contributed by atoms with Gasteiger partial charge in [-0.15, -0.1) is 0 Å². The lowest BCUT2D eigenvalue weighted by Crippen LogP contribution is -2.10. The van der Waals surface area contributed by atoms with Crippen LogP contribution in [0, 0.1) is 5.41 Å². The molecule has 8 aromatic rings. The number of nitrogens with zero attached hydrogens (tertiary/aromatic N) is 5. The quantitative estimate of drug-likeness (QED) is 0.0958. The first-order valence-electron chi connectivity index (χ1n) is 13.8. The number of nitrogens with two attached hydrogens (primary N) is 1. The third kappa shape index (κ3) is 5.10. The van der Waals surface area contributed by atoms with E-state index in [1.165, 1.54) is 0 Å². The molecule has 0 unspecified atom stereocenters. The molecule has 0 bridgehead atoms. The molecule has 3 aromatic carbocycles. The van der Waals surface area contributed by atoms with Crippen LogP contribution >= 0.6 is 0 Å². The second-order valence-corrected chi connectivity index (χ2v) is 10.0. The molecule has 0 radical (unpaired) electrons. The minimum atomic E-state index is -0.0104. The fourth-order valence-corrected chi connectivity index (χ4v) is 4.87. The van der Waals surface area contributed by atoms with Gasteiger partial charge in [0.15, 0.2) is 23.1 Å². The number of nitrogens with one attached hydrogen (secondary N) is 5. The number of amidine groups is 1. The van der Waals surface area contributed by atoms with Gasteiger partial charge in [0, 0.05) is 22.9 Å². The Morgan fingerprint density at radius 3 is 1.73 bits per heavy atom. The van der Waals surface area contributed by atoms with E-state index in [4.69, 9.17) is 11.1 Å². The molecule has 0 aliphatic carbocycles. The molecule has 13 heteroatoms. The number of hydrogen-bond donors (Lipinski definition) is 8. The molecule has 0 aliphatic heterocycles. The van der Waals surface area contributed by atoms with Gasteiger partial charge >= 0.3 is 0 Å². The number of nitrogen functional groups attached to an aromatic ring is 1. The van der Waals surface area contributed by atoms with E-state index >= 15 is 0 Å². The van der Waals surface area contributed by atoms with Crippen LogP contribution in [0.25, 0.3) is 67.6 Å². The Labute approximate surface area is 254 Å². The molecule has 5 aromatic heterocycles. The van der Waals surface area contributed by atoms with Crippen LogP contribution in [0.1, 0.15) is 5.56 Å². The maximum Gasteiger partial charge on any atom is 0.172 e. The summed E-state index contributed by atoms with van der Waals surface area (Å²) >= 11 is 0. The summed E-state index contributed by atoms with van der Waals surface area (Å²) < 4.78 is 0. The molecule has 0 saturated carbocycles. The number of benzene rings is 3. The van der Waals surface area contributed by atoms with Crippen LogP contribution in [0.3, 0.4) is 0 Å². The lowest BCUT2D eigenvalue weighted by atomic mass is 10.1. The van der Waals surface area contributed by atoms with Crippen molar-refractivity contribution in [3.05, 3.63) is 103 Å². The number of aromatic nitrogens is 9. The van der Waals surface area contributed by atoms with Gasteiger partial charge in [0.2, 0.25) is 0 Å². The zero-order valence-corrected chi connectivity index (χ0v) is 23.4. The molecular formula is C32H25N11O2.